The molecule has 2 aromatic rings. The molecule has 0 bridgehead atoms. The van der Waals surface area contributed by atoms with Crippen LogP contribution >= 0.6 is 0 Å². The molecule has 0 saturated carbocycles. The largest absolute Gasteiger partial charge is 0.444 e. The fourth-order valence-corrected chi connectivity index (χ4v) is 4.49. The number of rotatable bonds is 6. The van der Waals surface area contributed by atoms with E-state index in [0.29, 0.717) is 29.6 Å². The van der Waals surface area contributed by atoms with E-state index in [2.05, 4.69) is 25.2 Å². The second-order valence-corrected chi connectivity index (χ2v) is 9.38. The van der Waals surface area contributed by atoms with Gasteiger partial charge in [-0.1, -0.05) is 0 Å². The van der Waals surface area contributed by atoms with Gasteiger partial charge in [-0.2, -0.15) is 0 Å². The number of nitrogen functional groups attached to an aromatic ring is 1. The summed E-state index contributed by atoms with van der Waals surface area (Å²) in [5.41, 5.74) is 6.76. The van der Waals surface area contributed by atoms with Gasteiger partial charge in [-0.15, -0.1) is 0 Å². The number of likely N-dealkylation sites (tertiary alicyclic amines) is 1. The van der Waals surface area contributed by atoms with Crippen molar-refractivity contribution in [2.75, 3.05) is 25.4 Å². The van der Waals surface area contributed by atoms with Gasteiger partial charge in [0.15, 0.2) is 11.5 Å². The zero-order valence-electron chi connectivity index (χ0n) is 18.6. The number of amides is 1. The number of nitrogens with zero attached hydrogens (tertiary/aromatic N) is 5. The molecule has 2 saturated heterocycles. The molecule has 0 aliphatic carbocycles. The van der Waals surface area contributed by atoms with Crippen LogP contribution in [-0.2, 0) is 9.47 Å². The summed E-state index contributed by atoms with van der Waals surface area (Å²) in [6.07, 6.45) is 8.08. The van der Waals surface area contributed by atoms with Crippen molar-refractivity contribution in [3.8, 4) is 0 Å². The molecular formula is C21H33N7O3. The molecule has 1 amide bonds. The highest BCUT2D eigenvalue weighted by atomic mass is 16.6. The average Bonchev–Trinajstić information content (AvgIpc) is 3.41. The lowest BCUT2D eigenvalue weighted by molar-refractivity contribution is -0.0137. The summed E-state index contributed by atoms with van der Waals surface area (Å²) in [6, 6.07) is 0.458. The Balaban J connectivity index is 1.27. The van der Waals surface area contributed by atoms with E-state index in [9.17, 15) is 4.79 Å². The second-order valence-electron chi connectivity index (χ2n) is 9.38. The van der Waals surface area contributed by atoms with Crippen molar-refractivity contribution < 1.29 is 14.3 Å². The van der Waals surface area contributed by atoms with Crippen molar-refractivity contribution in [1.82, 2.24) is 29.7 Å². The Bertz CT molecular complexity index is 910. The monoisotopic (exact) mass is 431 g/mol. The molecular weight excluding hydrogens is 398 g/mol. The van der Waals surface area contributed by atoms with Crippen molar-refractivity contribution in [2.24, 2.45) is 0 Å². The third-order valence-electron chi connectivity index (χ3n) is 5.87. The highest BCUT2D eigenvalue weighted by Crippen LogP contribution is 2.32. The Hall–Kier alpha value is -2.46. The molecule has 2 aliphatic heterocycles. The smallest absolute Gasteiger partial charge is 0.407 e. The number of carbonyl (C=O) groups is 1. The number of hydrogen-bond donors (Lipinski definition) is 2. The van der Waals surface area contributed by atoms with Crippen LogP contribution in [0.15, 0.2) is 12.7 Å². The molecule has 4 rings (SSSR count). The fraction of sp³-hybridized carbons (Fsp3) is 0.714. The van der Waals surface area contributed by atoms with Crippen molar-refractivity contribution in [2.45, 2.75) is 76.9 Å². The number of nitrogens with one attached hydrogen (secondary N) is 1. The van der Waals surface area contributed by atoms with Crippen molar-refractivity contribution in [1.29, 1.82) is 0 Å². The van der Waals surface area contributed by atoms with Crippen LogP contribution < -0.4 is 11.1 Å². The molecule has 10 nitrogen and oxygen atoms in total. The van der Waals surface area contributed by atoms with Crippen molar-refractivity contribution >= 4 is 23.1 Å². The van der Waals surface area contributed by atoms with Gasteiger partial charge in [-0.05, 0) is 59.4 Å². The van der Waals surface area contributed by atoms with Gasteiger partial charge < -0.3 is 20.5 Å². The lowest BCUT2D eigenvalue weighted by Gasteiger charge is -2.27. The van der Waals surface area contributed by atoms with E-state index in [-0.39, 0.29) is 18.4 Å². The summed E-state index contributed by atoms with van der Waals surface area (Å²) in [6.45, 7) is 8.20. The number of fused-ring (bicyclic) bond motifs is 1. The highest BCUT2D eigenvalue weighted by Gasteiger charge is 2.33. The fourth-order valence-electron chi connectivity index (χ4n) is 4.49. The van der Waals surface area contributed by atoms with E-state index in [0.717, 1.165) is 38.8 Å². The SMILES string of the molecule is CC(C)(C)OC(=O)NCC[C@H]1CCCN1C[C@@H]1CC[C@H](n2cnc3c(N)ncnc32)O1. The number of anilines is 1. The van der Waals surface area contributed by atoms with Crippen molar-refractivity contribution in [3.63, 3.8) is 0 Å². The van der Waals surface area contributed by atoms with Gasteiger partial charge in [0, 0.05) is 19.1 Å². The van der Waals surface area contributed by atoms with E-state index >= 15 is 0 Å². The molecule has 170 valence electrons. The lowest BCUT2D eigenvalue weighted by Crippen LogP contribution is -2.39. The number of nitrogens with two attached hydrogens (primary N) is 1. The van der Waals surface area contributed by atoms with Crippen LogP contribution in [0.5, 0.6) is 0 Å². The van der Waals surface area contributed by atoms with Gasteiger partial charge in [-0.25, -0.2) is 19.7 Å². The number of alkyl carbamates (subject to hydrolysis) is 1. The maximum absolute atomic E-state index is 11.9. The van der Waals surface area contributed by atoms with Crippen molar-refractivity contribution in [3.05, 3.63) is 12.7 Å². The van der Waals surface area contributed by atoms with Crippen LogP contribution in [0.25, 0.3) is 11.2 Å². The summed E-state index contributed by atoms with van der Waals surface area (Å²) in [5, 5.41) is 2.88. The summed E-state index contributed by atoms with van der Waals surface area (Å²) >= 11 is 0. The molecule has 0 unspecified atom stereocenters. The van der Waals surface area contributed by atoms with Gasteiger partial charge >= 0.3 is 6.09 Å². The Morgan fingerprint density at radius 1 is 1.29 bits per heavy atom. The summed E-state index contributed by atoms with van der Waals surface area (Å²) in [7, 11) is 0. The van der Waals surface area contributed by atoms with Crippen LogP contribution in [0.1, 0.15) is 59.1 Å². The zero-order valence-corrected chi connectivity index (χ0v) is 18.6. The minimum atomic E-state index is -0.474. The quantitative estimate of drug-likeness (QED) is 0.716. The van der Waals surface area contributed by atoms with Crippen LogP contribution in [0.4, 0.5) is 10.6 Å². The summed E-state index contributed by atoms with van der Waals surface area (Å²) in [4.78, 5) is 27.0. The first-order valence-electron chi connectivity index (χ1n) is 11.1. The predicted molar refractivity (Wildman–Crippen MR) is 116 cm³/mol. The summed E-state index contributed by atoms with van der Waals surface area (Å²) < 4.78 is 13.6. The first kappa shape index (κ1) is 21.8. The third-order valence-corrected chi connectivity index (χ3v) is 5.87. The predicted octanol–water partition coefficient (Wildman–Crippen LogP) is 2.47. The molecule has 0 aromatic carbocycles. The molecule has 2 aromatic heterocycles. The number of aromatic nitrogens is 4. The molecule has 2 fully saturated rings. The summed E-state index contributed by atoms with van der Waals surface area (Å²) in [5.74, 6) is 0.387. The van der Waals surface area contributed by atoms with Gasteiger partial charge in [0.25, 0.3) is 0 Å². The number of carbonyl (C=O) groups excluding carboxylic acids is 1. The zero-order chi connectivity index (χ0) is 22.0. The number of imidazole rings is 1. The Morgan fingerprint density at radius 3 is 2.94 bits per heavy atom. The molecule has 2 aliphatic rings. The maximum Gasteiger partial charge on any atom is 0.407 e. The van der Waals surface area contributed by atoms with Crippen LogP contribution in [0, 0.1) is 0 Å². The van der Waals surface area contributed by atoms with E-state index in [1.54, 1.807) is 6.33 Å². The molecule has 3 atom stereocenters. The van der Waals surface area contributed by atoms with E-state index < -0.39 is 5.60 Å². The number of hydrogen-bond acceptors (Lipinski definition) is 8. The normalized spacial score (nSPS) is 24.7. The first-order valence-corrected chi connectivity index (χ1v) is 11.1. The van der Waals surface area contributed by atoms with Gasteiger partial charge in [0.2, 0.25) is 0 Å². The number of ether oxygens (including phenoxy) is 2. The molecule has 10 heteroatoms. The third kappa shape index (κ3) is 5.24. The molecule has 0 radical (unpaired) electrons. The molecule has 0 spiro atoms. The van der Waals surface area contributed by atoms with Gasteiger partial charge in [0.05, 0.1) is 12.4 Å². The lowest BCUT2D eigenvalue weighted by atomic mass is 10.1. The average molecular weight is 432 g/mol. The van der Waals surface area contributed by atoms with Crippen LogP contribution in [0.2, 0.25) is 0 Å². The Kier molecular flexibility index (Phi) is 6.29. The Labute approximate surface area is 182 Å². The minimum absolute atomic E-state index is 0.0841. The van der Waals surface area contributed by atoms with E-state index in [1.807, 2.05) is 25.3 Å². The topological polar surface area (TPSA) is 120 Å². The highest BCUT2D eigenvalue weighted by molar-refractivity contribution is 5.81. The van der Waals surface area contributed by atoms with Gasteiger partial charge in [-0.3, -0.25) is 9.47 Å². The standard InChI is InChI=1S/C21H33N7O3/c1-21(2,3)31-20(29)23-9-8-14-5-4-10-27(14)11-15-6-7-16(30-15)28-13-26-17-18(22)24-12-25-19(17)28/h12-16H,4-11H2,1-3H3,(H,23,29)(H2,22,24,25)/t14-,15+,16-/m1/s1. The second kappa shape index (κ2) is 8.96. The minimum Gasteiger partial charge on any atom is -0.444 e. The molecule has 4 heterocycles. The van der Waals surface area contributed by atoms with Gasteiger partial charge in [0.1, 0.15) is 23.7 Å². The molecule has 31 heavy (non-hydrogen) atoms. The van der Waals surface area contributed by atoms with Crippen LogP contribution in [0.3, 0.4) is 0 Å². The maximum atomic E-state index is 11.9. The first-order chi connectivity index (χ1) is 14.8. The Morgan fingerprint density at radius 2 is 2.13 bits per heavy atom. The van der Waals surface area contributed by atoms with Crippen LogP contribution in [-0.4, -0.2) is 67.9 Å². The van der Waals surface area contributed by atoms with E-state index in [1.165, 1.54) is 12.7 Å². The molecule has 3 N–H and O–H groups in total. The van der Waals surface area contributed by atoms with E-state index in [4.69, 9.17) is 15.2 Å².